The summed E-state index contributed by atoms with van der Waals surface area (Å²) >= 11 is 0. The van der Waals surface area contributed by atoms with Crippen LogP contribution in [-0.2, 0) is 10.1 Å². The Kier molecular flexibility index (Phi) is 8.55. The Labute approximate surface area is 197 Å². The maximum atomic E-state index is 9.95. The highest BCUT2D eigenvalue weighted by Crippen LogP contribution is 2.50. The van der Waals surface area contributed by atoms with Crippen molar-refractivity contribution in [2.75, 3.05) is 5.75 Å². The number of unbranched alkanes of at least 4 members (excludes halogenated alkanes) is 1. The number of rotatable bonds is 7. The highest BCUT2D eigenvalue weighted by molar-refractivity contribution is 7.85. The largest absolute Gasteiger partial charge is 0.286 e. The normalized spacial score (nSPS) is 11.3. The summed E-state index contributed by atoms with van der Waals surface area (Å²) in [5.41, 5.74) is 4.86. The van der Waals surface area contributed by atoms with E-state index in [1.54, 1.807) is 0 Å². The Balaban J connectivity index is 0.000000331. The van der Waals surface area contributed by atoms with E-state index in [1.165, 1.54) is 22.7 Å². The fourth-order valence-electron chi connectivity index (χ4n) is 3.83. The van der Waals surface area contributed by atoms with Crippen LogP contribution in [0.4, 0.5) is 22.7 Å². The van der Waals surface area contributed by atoms with Gasteiger partial charge < -0.3 is 0 Å². The Morgan fingerprint density at radius 3 is 1.03 bits per heavy atom. The summed E-state index contributed by atoms with van der Waals surface area (Å²) in [6, 6.07) is 42.8. The van der Waals surface area contributed by atoms with Crippen LogP contribution in [0.2, 0.25) is 0 Å². The fraction of sp³-hybridized carbons (Fsp3) is 0.143. The molecule has 33 heavy (non-hydrogen) atoms. The molecule has 0 aromatic heterocycles. The molecular formula is C28H30NO3S+. The third kappa shape index (κ3) is 6.17. The SMILES string of the molecule is CCCCS(=O)(=O)O.c1ccc([N+](c2ccccc2)(c2ccccc2)c2ccccc2)cc1. The standard InChI is InChI=1S/C24H20N.C4H10O3S/c1-5-13-21(14-6-1)25(22-15-7-2-8-16-22,23-17-9-3-10-18-23)24-19-11-4-12-20-24;1-2-3-4-8(5,6)7/h1-20H;2-4H2,1H3,(H,5,6,7)/q+1;. The van der Waals surface area contributed by atoms with Gasteiger partial charge >= 0.3 is 0 Å². The van der Waals surface area contributed by atoms with Gasteiger partial charge in [-0.2, -0.15) is 12.9 Å². The second-order valence-electron chi connectivity index (χ2n) is 7.65. The summed E-state index contributed by atoms with van der Waals surface area (Å²) in [6.45, 7) is 1.87. The number of benzene rings is 4. The summed E-state index contributed by atoms with van der Waals surface area (Å²) in [5, 5.41) is 0. The van der Waals surface area contributed by atoms with Crippen molar-refractivity contribution in [1.29, 1.82) is 0 Å². The van der Waals surface area contributed by atoms with Crippen molar-refractivity contribution in [1.82, 2.24) is 4.48 Å². The van der Waals surface area contributed by atoms with E-state index in [4.69, 9.17) is 4.55 Å². The van der Waals surface area contributed by atoms with E-state index >= 15 is 0 Å². The first kappa shape index (κ1) is 24.4. The summed E-state index contributed by atoms with van der Waals surface area (Å²) in [5.74, 6) is -0.108. The molecule has 0 aliphatic rings. The van der Waals surface area contributed by atoms with E-state index in [2.05, 4.69) is 121 Å². The molecule has 0 saturated carbocycles. The molecule has 0 radical (unpaired) electrons. The van der Waals surface area contributed by atoms with Crippen molar-refractivity contribution in [2.45, 2.75) is 19.8 Å². The summed E-state index contributed by atoms with van der Waals surface area (Å²) < 4.78 is 28.6. The quantitative estimate of drug-likeness (QED) is 0.227. The molecule has 0 fully saturated rings. The van der Waals surface area contributed by atoms with Crippen LogP contribution in [0.25, 0.3) is 0 Å². The van der Waals surface area contributed by atoms with Crippen LogP contribution >= 0.6 is 0 Å². The van der Waals surface area contributed by atoms with E-state index in [-0.39, 0.29) is 5.75 Å². The second-order valence-corrected chi connectivity index (χ2v) is 9.22. The zero-order chi connectivity index (χ0) is 23.6. The first-order valence-corrected chi connectivity index (χ1v) is 12.7. The van der Waals surface area contributed by atoms with E-state index in [0.29, 0.717) is 10.9 Å². The lowest BCUT2D eigenvalue weighted by molar-refractivity contribution is 0.480. The second kappa shape index (κ2) is 11.6. The topological polar surface area (TPSA) is 54.4 Å². The minimum atomic E-state index is -3.69. The van der Waals surface area contributed by atoms with Gasteiger partial charge in [0.2, 0.25) is 0 Å². The predicted molar refractivity (Wildman–Crippen MR) is 138 cm³/mol. The van der Waals surface area contributed by atoms with Gasteiger partial charge in [0, 0.05) is 48.5 Å². The van der Waals surface area contributed by atoms with Crippen LogP contribution in [0.1, 0.15) is 19.8 Å². The maximum absolute atomic E-state index is 9.95. The fourth-order valence-corrected chi connectivity index (χ4v) is 4.48. The Morgan fingerprint density at radius 2 is 0.848 bits per heavy atom. The number of para-hydroxylation sites is 4. The van der Waals surface area contributed by atoms with E-state index in [0.717, 1.165) is 6.42 Å². The van der Waals surface area contributed by atoms with Crippen molar-refractivity contribution in [3.8, 4) is 0 Å². The molecule has 0 amide bonds. The molecule has 0 aliphatic heterocycles. The van der Waals surface area contributed by atoms with Crippen molar-refractivity contribution >= 4 is 32.9 Å². The maximum Gasteiger partial charge on any atom is 0.264 e. The Morgan fingerprint density at radius 1 is 0.576 bits per heavy atom. The van der Waals surface area contributed by atoms with Crippen LogP contribution in [0.5, 0.6) is 0 Å². The molecule has 0 heterocycles. The molecule has 0 unspecified atom stereocenters. The molecule has 5 heteroatoms. The van der Waals surface area contributed by atoms with Gasteiger partial charge in [-0.1, -0.05) is 86.1 Å². The van der Waals surface area contributed by atoms with Crippen molar-refractivity contribution in [3.05, 3.63) is 121 Å². The lowest BCUT2D eigenvalue weighted by Crippen LogP contribution is -2.33. The van der Waals surface area contributed by atoms with Gasteiger partial charge in [-0.3, -0.25) is 4.55 Å². The predicted octanol–water partition coefficient (Wildman–Crippen LogP) is 7.66. The van der Waals surface area contributed by atoms with Gasteiger partial charge in [-0.15, -0.1) is 0 Å². The zero-order valence-corrected chi connectivity index (χ0v) is 19.6. The molecule has 4 aromatic rings. The molecule has 170 valence electrons. The van der Waals surface area contributed by atoms with Crippen LogP contribution in [0, 0.1) is 0 Å². The molecular weight excluding hydrogens is 430 g/mol. The summed E-state index contributed by atoms with van der Waals surface area (Å²) in [4.78, 5) is 0. The minimum Gasteiger partial charge on any atom is -0.286 e. The number of hydrogen-bond acceptors (Lipinski definition) is 2. The molecule has 4 rings (SSSR count). The average Bonchev–Trinajstić information content (AvgIpc) is 2.86. The highest BCUT2D eigenvalue weighted by Gasteiger charge is 2.38. The molecule has 0 atom stereocenters. The third-order valence-electron chi connectivity index (χ3n) is 5.33. The van der Waals surface area contributed by atoms with Crippen molar-refractivity contribution < 1.29 is 13.0 Å². The van der Waals surface area contributed by atoms with Gasteiger partial charge in [0.05, 0.1) is 5.75 Å². The summed E-state index contributed by atoms with van der Waals surface area (Å²) in [7, 11) is -3.69. The molecule has 0 aliphatic carbocycles. The highest BCUT2D eigenvalue weighted by atomic mass is 32.2. The minimum absolute atomic E-state index is 0.108. The lowest BCUT2D eigenvalue weighted by Gasteiger charge is -2.37. The molecule has 4 aromatic carbocycles. The summed E-state index contributed by atoms with van der Waals surface area (Å²) in [6.07, 6.45) is 1.33. The zero-order valence-electron chi connectivity index (χ0n) is 18.8. The molecule has 1 N–H and O–H groups in total. The van der Waals surface area contributed by atoms with Gasteiger partial charge in [0.1, 0.15) is 22.7 Å². The Bertz CT molecular complexity index is 1030. The van der Waals surface area contributed by atoms with Gasteiger partial charge in [0.25, 0.3) is 10.1 Å². The smallest absolute Gasteiger partial charge is 0.264 e. The third-order valence-corrected chi connectivity index (χ3v) is 6.13. The van der Waals surface area contributed by atoms with E-state index in [9.17, 15) is 8.42 Å². The van der Waals surface area contributed by atoms with Crippen LogP contribution in [0.15, 0.2) is 121 Å². The van der Waals surface area contributed by atoms with Gasteiger partial charge in [-0.05, 0) is 6.42 Å². The van der Waals surface area contributed by atoms with Crippen LogP contribution in [0.3, 0.4) is 0 Å². The molecule has 4 nitrogen and oxygen atoms in total. The number of quaternary nitrogens is 1. The van der Waals surface area contributed by atoms with Gasteiger partial charge in [-0.25, -0.2) is 0 Å². The molecule has 0 spiro atoms. The van der Waals surface area contributed by atoms with Crippen LogP contribution in [-0.4, -0.2) is 18.7 Å². The monoisotopic (exact) mass is 460 g/mol. The van der Waals surface area contributed by atoms with Crippen LogP contribution < -0.4 is 4.48 Å². The number of nitrogens with zero attached hydrogens (tertiary/aromatic N) is 1. The Hall–Kier alpha value is -3.25. The lowest BCUT2D eigenvalue weighted by atomic mass is 10.1. The van der Waals surface area contributed by atoms with Gasteiger partial charge in [0.15, 0.2) is 0 Å². The van der Waals surface area contributed by atoms with Crippen molar-refractivity contribution in [2.24, 2.45) is 0 Å². The van der Waals surface area contributed by atoms with E-state index in [1.807, 2.05) is 6.92 Å². The average molecular weight is 461 g/mol. The molecule has 0 saturated heterocycles. The van der Waals surface area contributed by atoms with E-state index < -0.39 is 10.1 Å². The first-order chi connectivity index (χ1) is 16.0. The van der Waals surface area contributed by atoms with Crippen molar-refractivity contribution in [3.63, 3.8) is 0 Å². The molecule has 0 bridgehead atoms. The first-order valence-electron chi connectivity index (χ1n) is 11.0. The number of hydrogen-bond donors (Lipinski definition) is 1.